The largest absolute Gasteiger partial charge is 0.310 e. The highest BCUT2D eigenvalue weighted by Gasteiger charge is 2.15. The summed E-state index contributed by atoms with van der Waals surface area (Å²) in [5, 5.41) is 4.88. The Labute approximate surface area is 76.6 Å². The smallest absolute Gasteiger partial charge is 0.180 e. The van der Waals surface area contributed by atoms with Crippen LogP contribution in [0.15, 0.2) is 11.4 Å². The van der Waals surface area contributed by atoms with Crippen molar-refractivity contribution in [2.75, 3.05) is 7.05 Å². The van der Waals surface area contributed by atoms with Crippen molar-refractivity contribution in [2.24, 2.45) is 0 Å². The lowest BCUT2D eigenvalue weighted by Crippen LogP contribution is -2.30. The lowest BCUT2D eigenvalue weighted by Gasteiger charge is -2.07. The van der Waals surface area contributed by atoms with E-state index in [1.807, 2.05) is 25.3 Å². The zero-order chi connectivity index (χ0) is 9.14. The maximum absolute atomic E-state index is 11.6. The summed E-state index contributed by atoms with van der Waals surface area (Å²) in [7, 11) is 1.80. The first kappa shape index (κ1) is 9.42. The first-order chi connectivity index (χ1) is 5.66. The molecule has 0 spiro atoms. The molecule has 2 nitrogen and oxygen atoms in total. The van der Waals surface area contributed by atoms with E-state index in [9.17, 15) is 4.79 Å². The van der Waals surface area contributed by atoms with Crippen molar-refractivity contribution in [2.45, 2.75) is 19.9 Å². The Morgan fingerprint density at radius 1 is 1.67 bits per heavy atom. The van der Waals surface area contributed by atoms with Crippen LogP contribution in [0.2, 0.25) is 0 Å². The van der Waals surface area contributed by atoms with Crippen molar-refractivity contribution in [1.29, 1.82) is 0 Å². The van der Waals surface area contributed by atoms with Gasteiger partial charge in [0.25, 0.3) is 0 Å². The van der Waals surface area contributed by atoms with Gasteiger partial charge in [-0.3, -0.25) is 4.79 Å². The maximum Gasteiger partial charge on any atom is 0.180 e. The number of likely N-dealkylation sites (N-methyl/N-ethyl adjacent to an activating group) is 1. The molecule has 0 amide bonds. The number of hydrogen-bond donors (Lipinski definition) is 1. The minimum atomic E-state index is -0.0849. The molecule has 66 valence electrons. The van der Waals surface area contributed by atoms with Gasteiger partial charge in [-0.25, -0.2) is 0 Å². The first-order valence-electron chi connectivity index (χ1n) is 3.92. The molecule has 1 aromatic heterocycles. The minimum Gasteiger partial charge on any atom is -0.310 e. The predicted octanol–water partition coefficient (Wildman–Crippen LogP) is 1.85. The van der Waals surface area contributed by atoms with Gasteiger partial charge in [0, 0.05) is 10.4 Å². The van der Waals surface area contributed by atoms with E-state index in [1.54, 1.807) is 18.4 Å². The summed E-state index contributed by atoms with van der Waals surface area (Å²) in [5.41, 5.74) is 0.849. The summed E-state index contributed by atoms with van der Waals surface area (Å²) < 4.78 is 0. The number of ketones is 1. The summed E-state index contributed by atoms with van der Waals surface area (Å²) in [6, 6.07) is 1.80. The molecule has 1 aromatic rings. The zero-order valence-electron chi connectivity index (χ0n) is 7.55. The first-order valence-corrected chi connectivity index (χ1v) is 4.80. The third kappa shape index (κ3) is 1.73. The van der Waals surface area contributed by atoms with Crippen LogP contribution in [0.25, 0.3) is 0 Å². The normalized spacial score (nSPS) is 12.9. The van der Waals surface area contributed by atoms with Crippen LogP contribution in [0.3, 0.4) is 0 Å². The van der Waals surface area contributed by atoms with Crippen molar-refractivity contribution in [3.05, 3.63) is 21.9 Å². The van der Waals surface area contributed by atoms with Crippen LogP contribution in [0, 0.1) is 6.92 Å². The van der Waals surface area contributed by atoms with E-state index in [-0.39, 0.29) is 11.8 Å². The highest BCUT2D eigenvalue weighted by Crippen LogP contribution is 2.16. The molecule has 1 heterocycles. The van der Waals surface area contributed by atoms with E-state index in [0.717, 1.165) is 10.4 Å². The van der Waals surface area contributed by atoms with Crippen molar-refractivity contribution in [3.63, 3.8) is 0 Å². The Morgan fingerprint density at radius 3 is 2.75 bits per heavy atom. The summed E-state index contributed by atoms with van der Waals surface area (Å²) in [6.07, 6.45) is 0. The van der Waals surface area contributed by atoms with Gasteiger partial charge in [-0.1, -0.05) is 0 Å². The molecule has 1 N–H and O–H groups in total. The quantitative estimate of drug-likeness (QED) is 0.724. The van der Waals surface area contributed by atoms with Crippen molar-refractivity contribution in [3.8, 4) is 0 Å². The van der Waals surface area contributed by atoms with E-state index in [2.05, 4.69) is 5.32 Å². The Balaban J connectivity index is 2.85. The number of Topliss-reactive ketones (excluding diaryl/α,β-unsaturated/α-hetero) is 1. The summed E-state index contributed by atoms with van der Waals surface area (Å²) in [6.45, 7) is 3.85. The van der Waals surface area contributed by atoms with Gasteiger partial charge >= 0.3 is 0 Å². The topological polar surface area (TPSA) is 29.1 Å². The van der Waals surface area contributed by atoms with E-state index < -0.39 is 0 Å². The summed E-state index contributed by atoms with van der Waals surface area (Å²) in [4.78, 5) is 12.7. The maximum atomic E-state index is 11.6. The van der Waals surface area contributed by atoms with Crippen LogP contribution in [0.5, 0.6) is 0 Å². The standard InChI is InChI=1S/C9H13NOS/c1-6(10-3)9(11)8-4-5-12-7(8)2/h4-6,10H,1-3H3. The van der Waals surface area contributed by atoms with Gasteiger partial charge in [0.2, 0.25) is 0 Å². The second kappa shape index (κ2) is 3.83. The molecule has 0 saturated heterocycles. The van der Waals surface area contributed by atoms with E-state index in [1.165, 1.54) is 0 Å². The second-order valence-corrected chi connectivity index (χ2v) is 3.89. The molecule has 0 saturated carbocycles. The lowest BCUT2D eigenvalue weighted by molar-refractivity contribution is 0.0955. The van der Waals surface area contributed by atoms with Crippen LogP contribution in [-0.4, -0.2) is 18.9 Å². The molecule has 1 atom stereocenters. The molecule has 0 aliphatic carbocycles. The highest BCUT2D eigenvalue weighted by atomic mass is 32.1. The molecular formula is C9H13NOS. The third-order valence-corrected chi connectivity index (χ3v) is 2.80. The summed E-state index contributed by atoms with van der Waals surface area (Å²) >= 11 is 1.61. The van der Waals surface area contributed by atoms with E-state index in [4.69, 9.17) is 0 Å². The number of carbonyl (C=O) groups is 1. The van der Waals surface area contributed by atoms with E-state index >= 15 is 0 Å². The van der Waals surface area contributed by atoms with Gasteiger partial charge in [-0.15, -0.1) is 11.3 Å². The third-order valence-electron chi connectivity index (χ3n) is 1.95. The highest BCUT2D eigenvalue weighted by molar-refractivity contribution is 7.10. The number of aryl methyl sites for hydroxylation is 1. The molecular weight excluding hydrogens is 170 g/mol. The average molecular weight is 183 g/mol. The fraction of sp³-hybridized carbons (Fsp3) is 0.444. The predicted molar refractivity (Wildman–Crippen MR) is 51.9 cm³/mol. The van der Waals surface area contributed by atoms with Crippen LogP contribution in [0.4, 0.5) is 0 Å². The molecule has 0 aromatic carbocycles. The number of thiophene rings is 1. The Morgan fingerprint density at radius 2 is 2.33 bits per heavy atom. The molecule has 1 rings (SSSR count). The number of rotatable bonds is 3. The van der Waals surface area contributed by atoms with Crippen LogP contribution in [-0.2, 0) is 0 Å². The van der Waals surface area contributed by atoms with Crippen molar-refractivity contribution >= 4 is 17.1 Å². The second-order valence-electron chi connectivity index (χ2n) is 2.77. The monoisotopic (exact) mass is 183 g/mol. The van der Waals surface area contributed by atoms with Gasteiger partial charge in [0.1, 0.15) is 0 Å². The molecule has 0 radical (unpaired) electrons. The Kier molecular flexibility index (Phi) is 3.00. The van der Waals surface area contributed by atoms with Gasteiger partial charge in [0.05, 0.1) is 6.04 Å². The Bertz CT molecular complexity index is 280. The summed E-state index contributed by atoms with van der Waals surface area (Å²) in [5.74, 6) is 0.177. The molecule has 1 unspecified atom stereocenters. The molecule has 0 bridgehead atoms. The fourth-order valence-corrected chi connectivity index (χ4v) is 1.71. The number of hydrogen-bond acceptors (Lipinski definition) is 3. The SMILES string of the molecule is CNC(C)C(=O)c1ccsc1C. The average Bonchev–Trinajstić information content (AvgIpc) is 2.48. The van der Waals surface area contributed by atoms with Gasteiger partial charge in [-0.2, -0.15) is 0 Å². The minimum absolute atomic E-state index is 0.0849. The molecule has 0 fully saturated rings. The number of carbonyl (C=O) groups excluding carboxylic acids is 1. The zero-order valence-corrected chi connectivity index (χ0v) is 8.37. The van der Waals surface area contributed by atoms with Crippen LogP contribution >= 0.6 is 11.3 Å². The molecule has 3 heteroatoms. The molecule has 12 heavy (non-hydrogen) atoms. The lowest BCUT2D eigenvalue weighted by atomic mass is 10.1. The van der Waals surface area contributed by atoms with Crippen LogP contribution in [0.1, 0.15) is 22.2 Å². The fourth-order valence-electron chi connectivity index (χ4n) is 1.00. The molecule has 0 aliphatic rings. The van der Waals surface area contributed by atoms with Crippen LogP contribution < -0.4 is 5.32 Å². The Hall–Kier alpha value is -0.670. The van der Waals surface area contributed by atoms with Crippen molar-refractivity contribution < 1.29 is 4.79 Å². The van der Waals surface area contributed by atoms with Gasteiger partial charge in [0.15, 0.2) is 5.78 Å². The molecule has 0 aliphatic heterocycles. The van der Waals surface area contributed by atoms with Crippen molar-refractivity contribution in [1.82, 2.24) is 5.32 Å². The van der Waals surface area contributed by atoms with E-state index in [0.29, 0.717) is 0 Å². The number of nitrogens with one attached hydrogen (secondary N) is 1. The van der Waals surface area contributed by atoms with Gasteiger partial charge < -0.3 is 5.32 Å². The van der Waals surface area contributed by atoms with Gasteiger partial charge in [-0.05, 0) is 32.3 Å².